The van der Waals surface area contributed by atoms with Crippen LogP contribution in [0.15, 0.2) is 24.3 Å². The van der Waals surface area contributed by atoms with Gasteiger partial charge >= 0.3 is 0 Å². The molecule has 0 radical (unpaired) electrons. The highest BCUT2D eigenvalue weighted by atomic mass is 35.5. The van der Waals surface area contributed by atoms with Gasteiger partial charge in [0, 0.05) is 24.2 Å². The number of H-pyrrole nitrogens is 1. The lowest BCUT2D eigenvalue weighted by molar-refractivity contribution is -0.117. The number of nitrogens with one attached hydrogen (secondary N) is 1. The molecule has 1 aromatic carbocycles. The number of hydrogen-bond donors (Lipinski definition) is 1. The zero-order valence-corrected chi connectivity index (χ0v) is 11.2. The van der Waals surface area contributed by atoms with Crippen LogP contribution < -0.4 is 4.90 Å². The standard InChI is InChI=1S/C13H13ClN4O/c1-8-15-13(17-16-8)9-3-2-4-11(5-9)18-7-10(14)6-12(18)19/h2-5,10H,6-7H2,1H3,(H,15,16,17). The summed E-state index contributed by atoms with van der Waals surface area (Å²) in [6.07, 6.45) is 0.394. The van der Waals surface area contributed by atoms with Crippen LogP contribution in [0, 0.1) is 6.92 Å². The first kappa shape index (κ1) is 12.2. The van der Waals surface area contributed by atoms with E-state index in [0.29, 0.717) is 18.8 Å². The van der Waals surface area contributed by atoms with Crippen molar-refractivity contribution in [2.45, 2.75) is 18.7 Å². The lowest BCUT2D eigenvalue weighted by atomic mass is 10.2. The van der Waals surface area contributed by atoms with Crippen LogP contribution in [0.4, 0.5) is 5.69 Å². The maximum Gasteiger partial charge on any atom is 0.228 e. The molecule has 0 aliphatic carbocycles. The van der Waals surface area contributed by atoms with Crippen molar-refractivity contribution in [3.63, 3.8) is 0 Å². The Morgan fingerprint density at radius 2 is 2.32 bits per heavy atom. The summed E-state index contributed by atoms with van der Waals surface area (Å²) in [6.45, 7) is 2.40. The van der Waals surface area contributed by atoms with Gasteiger partial charge in [0.2, 0.25) is 5.91 Å². The topological polar surface area (TPSA) is 61.9 Å². The summed E-state index contributed by atoms with van der Waals surface area (Å²) in [5.41, 5.74) is 1.72. The Labute approximate surface area is 115 Å². The van der Waals surface area contributed by atoms with E-state index in [1.165, 1.54) is 0 Å². The van der Waals surface area contributed by atoms with Crippen LogP contribution in [0.3, 0.4) is 0 Å². The van der Waals surface area contributed by atoms with Crippen LogP contribution in [0.25, 0.3) is 11.4 Å². The number of alkyl halides is 1. The van der Waals surface area contributed by atoms with Crippen molar-refractivity contribution in [1.82, 2.24) is 15.2 Å². The van der Waals surface area contributed by atoms with E-state index in [-0.39, 0.29) is 11.3 Å². The molecule has 19 heavy (non-hydrogen) atoms. The third-order valence-corrected chi connectivity index (χ3v) is 3.38. The zero-order chi connectivity index (χ0) is 13.4. The lowest BCUT2D eigenvalue weighted by Crippen LogP contribution is -2.24. The Kier molecular flexibility index (Phi) is 2.98. The van der Waals surface area contributed by atoms with Crippen molar-refractivity contribution in [3.8, 4) is 11.4 Å². The predicted molar refractivity (Wildman–Crippen MR) is 73.2 cm³/mol. The van der Waals surface area contributed by atoms with Crippen LogP contribution in [0.5, 0.6) is 0 Å². The van der Waals surface area contributed by atoms with Gasteiger partial charge in [-0.1, -0.05) is 12.1 Å². The minimum absolute atomic E-state index is 0.0586. The van der Waals surface area contributed by atoms with Crippen LogP contribution in [0.1, 0.15) is 12.2 Å². The number of amides is 1. The van der Waals surface area contributed by atoms with E-state index in [9.17, 15) is 4.79 Å². The van der Waals surface area contributed by atoms with E-state index < -0.39 is 0 Å². The molecule has 3 rings (SSSR count). The zero-order valence-electron chi connectivity index (χ0n) is 10.4. The lowest BCUT2D eigenvalue weighted by Gasteiger charge is -2.16. The summed E-state index contributed by atoms with van der Waals surface area (Å²) < 4.78 is 0. The molecule has 0 bridgehead atoms. The molecule has 1 amide bonds. The average Bonchev–Trinajstić information content (AvgIpc) is 2.96. The fourth-order valence-corrected chi connectivity index (χ4v) is 2.47. The molecule has 1 aromatic heterocycles. The smallest absolute Gasteiger partial charge is 0.228 e. The predicted octanol–water partition coefficient (Wildman–Crippen LogP) is 2.12. The molecule has 1 saturated heterocycles. The van der Waals surface area contributed by atoms with Crippen molar-refractivity contribution in [2.24, 2.45) is 0 Å². The van der Waals surface area contributed by atoms with Gasteiger partial charge in [-0.2, -0.15) is 5.10 Å². The van der Waals surface area contributed by atoms with Crippen LogP contribution in [0.2, 0.25) is 0 Å². The van der Waals surface area contributed by atoms with Crippen LogP contribution in [-0.2, 0) is 4.79 Å². The van der Waals surface area contributed by atoms with E-state index in [1.807, 2.05) is 31.2 Å². The molecule has 0 spiro atoms. The molecule has 98 valence electrons. The highest BCUT2D eigenvalue weighted by Gasteiger charge is 2.29. The molecule has 1 aliphatic rings. The van der Waals surface area contributed by atoms with Gasteiger partial charge in [0.1, 0.15) is 5.82 Å². The minimum Gasteiger partial charge on any atom is -0.311 e. The highest BCUT2D eigenvalue weighted by Crippen LogP contribution is 2.27. The van der Waals surface area contributed by atoms with Crippen LogP contribution >= 0.6 is 11.6 Å². The van der Waals surface area contributed by atoms with Crippen molar-refractivity contribution < 1.29 is 4.79 Å². The van der Waals surface area contributed by atoms with Crippen molar-refractivity contribution in [2.75, 3.05) is 11.4 Å². The molecular formula is C13H13ClN4O. The molecule has 1 fully saturated rings. The average molecular weight is 277 g/mol. The SMILES string of the molecule is Cc1nc(-c2cccc(N3CC(Cl)CC3=O)c2)n[nH]1. The molecule has 5 nitrogen and oxygen atoms in total. The molecule has 1 unspecified atom stereocenters. The third-order valence-electron chi connectivity index (χ3n) is 3.09. The number of aromatic amines is 1. The minimum atomic E-state index is -0.109. The normalized spacial score (nSPS) is 19.2. The Hall–Kier alpha value is -1.88. The molecule has 1 N–H and O–H groups in total. The molecular weight excluding hydrogens is 264 g/mol. The second-order valence-electron chi connectivity index (χ2n) is 4.60. The Balaban J connectivity index is 1.94. The monoisotopic (exact) mass is 276 g/mol. The van der Waals surface area contributed by atoms with Gasteiger partial charge in [0.25, 0.3) is 0 Å². The van der Waals surface area contributed by atoms with Gasteiger partial charge in [-0.05, 0) is 19.1 Å². The fourth-order valence-electron chi connectivity index (χ4n) is 2.20. The maximum absolute atomic E-state index is 11.8. The summed E-state index contributed by atoms with van der Waals surface area (Å²) >= 11 is 6.02. The van der Waals surface area contributed by atoms with Gasteiger partial charge in [-0.3, -0.25) is 9.89 Å². The van der Waals surface area contributed by atoms with Gasteiger partial charge < -0.3 is 4.90 Å². The summed E-state index contributed by atoms with van der Waals surface area (Å²) in [4.78, 5) is 17.8. The Morgan fingerprint density at radius 1 is 1.47 bits per heavy atom. The first-order chi connectivity index (χ1) is 9.13. The van der Waals surface area contributed by atoms with Crippen molar-refractivity contribution in [3.05, 3.63) is 30.1 Å². The summed E-state index contributed by atoms with van der Waals surface area (Å²) in [5.74, 6) is 1.45. The molecule has 0 saturated carbocycles. The van der Waals surface area contributed by atoms with Crippen LogP contribution in [-0.4, -0.2) is 33.0 Å². The van der Waals surface area contributed by atoms with Gasteiger partial charge in [-0.15, -0.1) is 11.6 Å². The number of rotatable bonds is 2. The van der Waals surface area contributed by atoms with E-state index in [1.54, 1.807) is 4.90 Å². The second-order valence-corrected chi connectivity index (χ2v) is 5.22. The number of aryl methyl sites for hydroxylation is 1. The number of carbonyl (C=O) groups excluding carboxylic acids is 1. The summed E-state index contributed by atoms with van der Waals surface area (Å²) in [6, 6.07) is 7.63. The molecule has 6 heteroatoms. The van der Waals surface area contributed by atoms with Gasteiger partial charge in [0.05, 0.1) is 5.38 Å². The van der Waals surface area contributed by atoms with E-state index in [2.05, 4.69) is 15.2 Å². The van der Waals surface area contributed by atoms with Crippen molar-refractivity contribution >= 4 is 23.2 Å². The van der Waals surface area contributed by atoms with Gasteiger partial charge in [-0.25, -0.2) is 4.98 Å². The maximum atomic E-state index is 11.8. The number of hydrogen-bond acceptors (Lipinski definition) is 3. The highest BCUT2D eigenvalue weighted by molar-refractivity contribution is 6.24. The molecule has 1 atom stereocenters. The number of halogens is 1. The quantitative estimate of drug-likeness (QED) is 0.855. The molecule has 2 heterocycles. The Morgan fingerprint density at radius 3 is 2.95 bits per heavy atom. The van der Waals surface area contributed by atoms with E-state index >= 15 is 0 Å². The van der Waals surface area contributed by atoms with Gasteiger partial charge in [0.15, 0.2) is 5.82 Å². The first-order valence-electron chi connectivity index (χ1n) is 6.07. The Bertz CT molecular complexity index is 625. The summed E-state index contributed by atoms with van der Waals surface area (Å²) in [5, 5.41) is 6.82. The molecule has 2 aromatic rings. The van der Waals surface area contributed by atoms with E-state index in [4.69, 9.17) is 11.6 Å². The fraction of sp³-hybridized carbons (Fsp3) is 0.308. The number of anilines is 1. The number of nitrogens with zero attached hydrogens (tertiary/aromatic N) is 3. The van der Waals surface area contributed by atoms with E-state index in [0.717, 1.165) is 17.1 Å². The number of aromatic nitrogens is 3. The number of benzene rings is 1. The van der Waals surface area contributed by atoms with Crippen molar-refractivity contribution in [1.29, 1.82) is 0 Å². The third kappa shape index (κ3) is 2.33. The number of carbonyl (C=O) groups is 1. The summed E-state index contributed by atoms with van der Waals surface area (Å²) in [7, 11) is 0. The molecule has 1 aliphatic heterocycles. The largest absolute Gasteiger partial charge is 0.311 e. The first-order valence-corrected chi connectivity index (χ1v) is 6.51. The second kappa shape index (κ2) is 4.66.